The Morgan fingerprint density at radius 2 is 1.10 bits per heavy atom. The van der Waals surface area contributed by atoms with E-state index in [0.29, 0.717) is 37.3 Å². The minimum Gasteiger partial charge on any atom is -0.497 e. The molecule has 0 amide bonds. The first-order valence-electron chi connectivity index (χ1n) is 16.7. The highest BCUT2D eigenvalue weighted by molar-refractivity contribution is 5.87. The molecule has 8 heteroatoms. The van der Waals surface area contributed by atoms with Crippen molar-refractivity contribution in [3.05, 3.63) is 89.5 Å². The number of hydrogen-bond donors (Lipinski definition) is 1. The number of esters is 2. The van der Waals surface area contributed by atoms with Crippen molar-refractivity contribution in [2.24, 2.45) is 10.8 Å². The number of methoxy groups -OCH3 is 1. The van der Waals surface area contributed by atoms with Crippen molar-refractivity contribution < 1.29 is 38.4 Å². The molecule has 0 aliphatic rings. The molecular formula is C40H58O8. The fourth-order valence-electron chi connectivity index (χ4n) is 4.03. The Kier molecular flexibility index (Phi) is 21.5. The van der Waals surface area contributed by atoms with Crippen LogP contribution in [0.25, 0.3) is 12.2 Å². The monoisotopic (exact) mass is 666 g/mol. The van der Waals surface area contributed by atoms with E-state index in [-0.39, 0.29) is 31.8 Å². The highest BCUT2D eigenvalue weighted by atomic mass is 16.6. The maximum absolute atomic E-state index is 11.6. The summed E-state index contributed by atoms with van der Waals surface area (Å²) >= 11 is 0. The van der Waals surface area contributed by atoms with Gasteiger partial charge >= 0.3 is 11.9 Å². The second kappa shape index (κ2) is 24.4. The number of aliphatic hydroxyl groups is 1. The van der Waals surface area contributed by atoms with Gasteiger partial charge in [0, 0.05) is 25.4 Å². The van der Waals surface area contributed by atoms with Crippen molar-refractivity contribution in [3.8, 4) is 5.75 Å². The fourth-order valence-corrected chi connectivity index (χ4v) is 4.03. The van der Waals surface area contributed by atoms with Crippen LogP contribution in [-0.4, -0.2) is 63.8 Å². The predicted molar refractivity (Wildman–Crippen MR) is 194 cm³/mol. The van der Waals surface area contributed by atoms with Gasteiger partial charge in [-0.1, -0.05) is 96.2 Å². The van der Waals surface area contributed by atoms with Crippen LogP contribution >= 0.6 is 0 Å². The molecule has 0 saturated carbocycles. The number of carbonyl (C=O) groups is 2. The molecule has 2 aromatic rings. The molecule has 0 fully saturated rings. The van der Waals surface area contributed by atoms with Crippen molar-refractivity contribution in [3.63, 3.8) is 0 Å². The Bertz CT molecular complexity index is 1230. The largest absolute Gasteiger partial charge is 0.497 e. The lowest BCUT2D eigenvalue weighted by Gasteiger charge is -2.17. The third-order valence-electron chi connectivity index (χ3n) is 6.70. The summed E-state index contributed by atoms with van der Waals surface area (Å²) in [5.41, 5.74) is 3.45. The molecule has 0 unspecified atom stereocenters. The van der Waals surface area contributed by atoms with Crippen molar-refractivity contribution in [1.29, 1.82) is 0 Å². The molecule has 0 aliphatic carbocycles. The molecule has 48 heavy (non-hydrogen) atoms. The van der Waals surface area contributed by atoms with E-state index in [1.165, 1.54) is 12.2 Å². The SMILES string of the molecule is CC(C)(C)CCCOCCOC(=O)/C=C/C=C/c1ccc(CO)cc1.COc1ccc(/C=C/C(=O)OCCOCCCC(C)(C)C)cc1. The number of aliphatic hydroxyl groups excluding tert-OH is 1. The van der Waals surface area contributed by atoms with Crippen LogP contribution < -0.4 is 4.74 Å². The van der Waals surface area contributed by atoms with Crippen LogP contribution in [0.15, 0.2) is 72.8 Å². The molecule has 2 aromatic carbocycles. The molecule has 0 spiro atoms. The zero-order valence-corrected chi connectivity index (χ0v) is 30.2. The maximum Gasteiger partial charge on any atom is 0.330 e. The number of rotatable bonds is 19. The minimum atomic E-state index is -0.376. The van der Waals surface area contributed by atoms with Crippen LogP contribution in [-0.2, 0) is 35.1 Å². The second-order valence-electron chi connectivity index (χ2n) is 13.6. The fraction of sp³-hybridized carbons (Fsp3) is 0.500. The zero-order valence-electron chi connectivity index (χ0n) is 30.2. The quantitative estimate of drug-likeness (QED) is 0.0693. The highest BCUT2D eigenvalue weighted by Gasteiger charge is 2.09. The molecule has 2 rings (SSSR count). The van der Waals surface area contributed by atoms with Gasteiger partial charge in [0.1, 0.15) is 19.0 Å². The summed E-state index contributed by atoms with van der Waals surface area (Å²) in [6.45, 7) is 16.1. The third kappa shape index (κ3) is 24.5. The molecule has 0 heterocycles. The van der Waals surface area contributed by atoms with Crippen molar-refractivity contribution in [2.75, 3.05) is 46.8 Å². The van der Waals surface area contributed by atoms with Crippen molar-refractivity contribution in [1.82, 2.24) is 0 Å². The first-order valence-corrected chi connectivity index (χ1v) is 16.7. The van der Waals surface area contributed by atoms with Crippen LogP contribution in [0.3, 0.4) is 0 Å². The van der Waals surface area contributed by atoms with Gasteiger partial charge in [-0.25, -0.2) is 9.59 Å². The van der Waals surface area contributed by atoms with Crippen molar-refractivity contribution in [2.45, 2.75) is 73.8 Å². The Labute approximate surface area is 288 Å². The van der Waals surface area contributed by atoms with Gasteiger partial charge in [0.05, 0.1) is 26.9 Å². The van der Waals surface area contributed by atoms with Crippen LogP contribution in [0.2, 0.25) is 0 Å². The standard InChI is InChI=1S/C21H30O4.C19H28O4/c1-21(2,3)13-6-14-24-15-16-25-20(23)8-5-4-7-18-9-11-19(17-22)12-10-18;1-19(2,3)12-5-13-22-14-15-23-18(20)11-8-16-6-9-17(21-4)10-7-16/h4-5,7-12,22H,6,13-17H2,1-3H3;6-11H,5,12-15H2,1-4H3/b7-4+,8-5+;11-8+. The van der Waals surface area contributed by atoms with Gasteiger partial charge in [0.15, 0.2) is 0 Å². The molecule has 266 valence electrons. The van der Waals surface area contributed by atoms with Gasteiger partial charge in [-0.2, -0.15) is 0 Å². The summed E-state index contributed by atoms with van der Waals surface area (Å²) in [6.07, 6.45) is 14.1. The normalized spacial score (nSPS) is 11.9. The number of carbonyl (C=O) groups excluding carboxylic acids is 2. The van der Waals surface area contributed by atoms with Crippen LogP contribution in [0, 0.1) is 10.8 Å². The Hall–Kier alpha value is -3.72. The number of hydrogen-bond acceptors (Lipinski definition) is 8. The highest BCUT2D eigenvalue weighted by Crippen LogP contribution is 2.21. The summed E-state index contributed by atoms with van der Waals surface area (Å²) in [7, 11) is 1.62. The number of allylic oxidation sites excluding steroid dienone is 2. The van der Waals surface area contributed by atoms with Crippen molar-refractivity contribution >= 4 is 24.1 Å². The van der Waals surface area contributed by atoms with E-state index in [9.17, 15) is 9.59 Å². The number of benzene rings is 2. The van der Waals surface area contributed by atoms with E-state index < -0.39 is 0 Å². The van der Waals surface area contributed by atoms with E-state index in [2.05, 4.69) is 41.5 Å². The zero-order chi connectivity index (χ0) is 35.7. The van der Waals surface area contributed by atoms with E-state index in [1.54, 1.807) is 25.3 Å². The Morgan fingerprint density at radius 1 is 0.625 bits per heavy atom. The van der Waals surface area contributed by atoms with Crippen LogP contribution in [0.1, 0.15) is 83.9 Å². The summed E-state index contributed by atoms with van der Waals surface area (Å²) in [6, 6.07) is 15.0. The Morgan fingerprint density at radius 3 is 1.58 bits per heavy atom. The van der Waals surface area contributed by atoms with E-state index in [1.807, 2.05) is 54.6 Å². The molecule has 1 N–H and O–H groups in total. The summed E-state index contributed by atoms with van der Waals surface area (Å²) in [5.74, 6) is 0.0472. The first kappa shape index (κ1) is 42.3. The molecular weight excluding hydrogens is 608 g/mol. The smallest absolute Gasteiger partial charge is 0.330 e. The number of ether oxygens (including phenoxy) is 5. The van der Waals surface area contributed by atoms with Crippen LogP contribution in [0.5, 0.6) is 5.75 Å². The summed E-state index contributed by atoms with van der Waals surface area (Å²) in [4.78, 5) is 23.1. The van der Waals surface area contributed by atoms with Gasteiger partial charge < -0.3 is 28.8 Å². The average molecular weight is 667 g/mol. The maximum atomic E-state index is 11.6. The third-order valence-corrected chi connectivity index (χ3v) is 6.70. The average Bonchev–Trinajstić information content (AvgIpc) is 3.04. The molecule has 0 aromatic heterocycles. The Balaban J connectivity index is 0.000000482. The van der Waals surface area contributed by atoms with Gasteiger partial charge in [0.2, 0.25) is 0 Å². The molecule has 0 atom stereocenters. The molecule has 0 radical (unpaired) electrons. The summed E-state index contributed by atoms with van der Waals surface area (Å²) in [5, 5.41) is 8.98. The van der Waals surface area contributed by atoms with Gasteiger partial charge in [-0.05, 0) is 71.4 Å². The van der Waals surface area contributed by atoms with Gasteiger partial charge in [-0.3, -0.25) is 0 Å². The summed E-state index contributed by atoms with van der Waals surface area (Å²) < 4.78 is 26.1. The van der Waals surface area contributed by atoms with E-state index in [0.717, 1.165) is 48.1 Å². The minimum absolute atomic E-state index is 0.0377. The lowest BCUT2D eigenvalue weighted by molar-refractivity contribution is -0.140. The molecule has 0 bridgehead atoms. The lowest BCUT2D eigenvalue weighted by Crippen LogP contribution is -2.11. The van der Waals surface area contributed by atoms with E-state index in [4.69, 9.17) is 28.8 Å². The van der Waals surface area contributed by atoms with Crippen LogP contribution in [0.4, 0.5) is 0 Å². The first-order chi connectivity index (χ1) is 22.8. The van der Waals surface area contributed by atoms with E-state index >= 15 is 0 Å². The molecule has 0 saturated heterocycles. The van der Waals surface area contributed by atoms with Gasteiger partial charge in [-0.15, -0.1) is 0 Å². The molecule has 0 aliphatic heterocycles. The molecule has 8 nitrogen and oxygen atoms in total. The topological polar surface area (TPSA) is 101 Å². The van der Waals surface area contributed by atoms with Gasteiger partial charge in [0.25, 0.3) is 0 Å². The second-order valence-corrected chi connectivity index (χ2v) is 13.6. The lowest BCUT2D eigenvalue weighted by atomic mass is 9.91. The predicted octanol–water partition coefficient (Wildman–Crippen LogP) is 8.23.